The summed E-state index contributed by atoms with van der Waals surface area (Å²) in [7, 11) is 0. The monoisotopic (exact) mass is 349 g/mol. The molecule has 1 atom stereocenters. The van der Waals surface area contributed by atoms with Crippen molar-refractivity contribution in [3.05, 3.63) is 28.8 Å². The van der Waals surface area contributed by atoms with Gasteiger partial charge in [0.25, 0.3) is 5.91 Å². The van der Waals surface area contributed by atoms with Crippen molar-refractivity contribution >= 4 is 29.1 Å². The summed E-state index contributed by atoms with van der Waals surface area (Å²) in [6, 6.07) is 4.98. The average Bonchev–Trinajstić information content (AvgIpc) is 3.26. The molecule has 1 aliphatic carbocycles. The Hall–Kier alpha value is -1.59. The molecule has 1 aliphatic heterocycles. The summed E-state index contributed by atoms with van der Waals surface area (Å²) < 4.78 is 0. The average molecular weight is 350 g/mol. The molecule has 5 nitrogen and oxygen atoms in total. The molecule has 1 spiro atoms. The largest absolute Gasteiger partial charge is 0.352 e. The van der Waals surface area contributed by atoms with Gasteiger partial charge >= 0.3 is 0 Å². The van der Waals surface area contributed by atoms with Crippen LogP contribution in [-0.4, -0.2) is 31.4 Å². The minimum absolute atomic E-state index is 0.00343. The summed E-state index contributed by atoms with van der Waals surface area (Å²) in [5, 5.41) is 9.62. The highest BCUT2D eigenvalue weighted by atomic mass is 35.5. The lowest BCUT2D eigenvalue weighted by molar-refractivity contribution is -0.118. The molecule has 130 valence electrons. The number of carbonyl (C=O) groups is 2. The van der Waals surface area contributed by atoms with E-state index in [-0.39, 0.29) is 23.1 Å². The Morgan fingerprint density at radius 3 is 2.79 bits per heavy atom. The Balaban J connectivity index is 1.71. The van der Waals surface area contributed by atoms with E-state index in [9.17, 15) is 9.59 Å². The molecule has 1 unspecified atom stereocenters. The van der Waals surface area contributed by atoms with Crippen molar-refractivity contribution in [2.24, 2.45) is 11.3 Å². The van der Waals surface area contributed by atoms with Gasteiger partial charge in [-0.05, 0) is 62.4 Å². The van der Waals surface area contributed by atoms with Gasteiger partial charge in [0.2, 0.25) is 5.91 Å². The molecule has 1 heterocycles. The second kappa shape index (κ2) is 7.11. The van der Waals surface area contributed by atoms with E-state index in [1.54, 1.807) is 18.2 Å². The Bertz CT molecular complexity index is 641. The van der Waals surface area contributed by atoms with Gasteiger partial charge in [0, 0.05) is 17.5 Å². The van der Waals surface area contributed by atoms with E-state index < -0.39 is 0 Å². The van der Waals surface area contributed by atoms with Crippen LogP contribution >= 0.6 is 11.6 Å². The van der Waals surface area contributed by atoms with Crippen LogP contribution in [-0.2, 0) is 4.79 Å². The predicted octanol–water partition coefficient (Wildman–Crippen LogP) is 2.81. The third-order valence-electron chi connectivity index (χ3n) is 5.13. The van der Waals surface area contributed by atoms with Crippen LogP contribution in [0.25, 0.3) is 0 Å². The first-order valence-electron chi connectivity index (χ1n) is 8.65. The van der Waals surface area contributed by atoms with Crippen molar-refractivity contribution in [2.75, 3.05) is 25.0 Å². The molecule has 24 heavy (non-hydrogen) atoms. The maximum Gasteiger partial charge on any atom is 0.253 e. The van der Waals surface area contributed by atoms with Gasteiger partial charge in [-0.2, -0.15) is 0 Å². The van der Waals surface area contributed by atoms with Gasteiger partial charge in [-0.15, -0.1) is 0 Å². The molecule has 2 aliphatic rings. The maximum absolute atomic E-state index is 12.6. The molecule has 6 heteroatoms. The van der Waals surface area contributed by atoms with Crippen LogP contribution in [0, 0.1) is 11.3 Å². The first-order valence-corrected chi connectivity index (χ1v) is 9.03. The van der Waals surface area contributed by atoms with Crippen LogP contribution in [0.4, 0.5) is 5.69 Å². The number of rotatable bonds is 5. The van der Waals surface area contributed by atoms with Crippen molar-refractivity contribution in [3.63, 3.8) is 0 Å². The lowest BCUT2D eigenvalue weighted by atomic mass is 9.91. The highest BCUT2D eigenvalue weighted by Crippen LogP contribution is 2.58. The number of halogens is 1. The van der Waals surface area contributed by atoms with Gasteiger partial charge < -0.3 is 16.0 Å². The fourth-order valence-corrected chi connectivity index (χ4v) is 3.74. The molecule has 3 rings (SSSR count). The van der Waals surface area contributed by atoms with Gasteiger partial charge in [-0.1, -0.05) is 18.5 Å². The molecule has 1 aromatic carbocycles. The number of anilines is 1. The number of hydrogen-bond acceptors (Lipinski definition) is 3. The topological polar surface area (TPSA) is 70.2 Å². The second-order valence-corrected chi connectivity index (χ2v) is 7.24. The Labute approximate surface area is 147 Å². The van der Waals surface area contributed by atoms with Crippen LogP contribution in [0.2, 0.25) is 5.02 Å². The Morgan fingerprint density at radius 1 is 1.33 bits per heavy atom. The van der Waals surface area contributed by atoms with Crippen molar-refractivity contribution in [1.29, 1.82) is 0 Å². The molecular weight excluding hydrogens is 326 g/mol. The molecular formula is C18H24ClN3O2. The van der Waals surface area contributed by atoms with Crippen molar-refractivity contribution in [2.45, 2.75) is 32.6 Å². The molecule has 0 bridgehead atoms. The SMILES string of the molecule is CCCNC(=O)c1ccc(Cl)cc1NC(=O)C1CC12CCNCC2. The molecule has 2 fully saturated rings. The standard InChI is InChI=1S/C18H24ClN3O2/c1-2-7-21-16(23)13-4-3-12(19)10-15(13)22-17(24)14-11-18(14)5-8-20-9-6-18/h3-4,10,14,20H,2,5-9,11H2,1H3,(H,21,23)(H,22,24). The number of hydrogen-bond donors (Lipinski definition) is 3. The molecule has 0 radical (unpaired) electrons. The minimum Gasteiger partial charge on any atom is -0.352 e. The van der Waals surface area contributed by atoms with Crippen molar-refractivity contribution in [3.8, 4) is 0 Å². The summed E-state index contributed by atoms with van der Waals surface area (Å²) in [4.78, 5) is 24.9. The van der Waals surface area contributed by atoms with Gasteiger partial charge in [0.05, 0.1) is 11.3 Å². The normalized spacial score (nSPS) is 21.3. The van der Waals surface area contributed by atoms with Crippen LogP contribution < -0.4 is 16.0 Å². The number of amides is 2. The molecule has 1 aromatic rings. The molecule has 3 N–H and O–H groups in total. The second-order valence-electron chi connectivity index (χ2n) is 6.80. The number of benzene rings is 1. The third kappa shape index (κ3) is 3.57. The Morgan fingerprint density at radius 2 is 2.08 bits per heavy atom. The summed E-state index contributed by atoms with van der Waals surface area (Å²) in [5.74, 6) is -0.134. The summed E-state index contributed by atoms with van der Waals surface area (Å²) in [6.45, 7) is 4.56. The zero-order valence-electron chi connectivity index (χ0n) is 14.0. The summed E-state index contributed by atoms with van der Waals surface area (Å²) in [6.07, 6.45) is 3.90. The third-order valence-corrected chi connectivity index (χ3v) is 5.36. The molecule has 2 amide bonds. The lowest BCUT2D eigenvalue weighted by Crippen LogP contribution is -2.32. The number of carbonyl (C=O) groups excluding carboxylic acids is 2. The molecule has 1 saturated heterocycles. The van der Waals surface area contributed by atoms with Gasteiger partial charge in [0.1, 0.15) is 0 Å². The first-order chi connectivity index (χ1) is 11.6. The predicted molar refractivity (Wildman–Crippen MR) is 95.3 cm³/mol. The van der Waals surface area contributed by atoms with Crippen molar-refractivity contribution in [1.82, 2.24) is 10.6 Å². The van der Waals surface area contributed by atoms with Crippen molar-refractivity contribution < 1.29 is 9.59 Å². The molecule has 1 saturated carbocycles. The zero-order valence-corrected chi connectivity index (χ0v) is 14.7. The lowest BCUT2D eigenvalue weighted by Gasteiger charge is -2.23. The van der Waals surface area contributed by atoms with E-state index in [1.165, 1.54) is 0 Å². The van der Waals surface area contributed by atoms with Gasteiger partial charge in [-0.25, -0.2) is 0 Å². The zero-order chi connectivity index (χ0) is 17.2. The summed E-state index contributed by atoms with van der Waals surface area (Å²) in [5.41, 5.74) is 1.12. The van der Waals surface area contributed by atoms with E-state index in [0.29, 0.717) is 22.8 Å². The summed E-state index contributed by atoms with van der Waals surface area (Å²) >= 11 is 6.06. The van der Waals surface area contributed by atoms with Gasteiger partial charge in [-0.3, -0.25) is 9.59 Å². The fraction of sp³-hybridized carbons (Fsp3) is 0.556. The first kappa shape index (κ1) is 17.2. The smallest absolute Gasteiger partial charge is 0.253 e. The van der Waals surface area contributed by atoms with Gasteiger partial charge in [0.15, 0.2) is 0 Å². The van der Waals surface area contributed by atoms with Crippen LogP contribution in [0.15, 0.2) is 18.2 Å². The van der Waals surface area contributed by atoms with Crippen LogP contribution in [0.1, 0.15) is 43.0 Å². The molecule has 0 aromatic heterocycles. The van der Waals surface area contributed by atoms with E-state index in [4.69, 9.17) is 11.6 Å². The minimum atomic E-state index is -0.184. The Kier molecular flexibility index (Phi) is 5.11. The van der Waals surface area contributed by atoms with E-state index in [1.807, 2.05) is 6.92 Å². The van der Waals surface area contributed by atoms with E-state index in [2.05, 4.69) is 16.0 Å². The highest BCUT2D eigenvalue weighted by molar-refractivity contribution is 6.31. The van der Waals surface area contributed by atoms with Crippen LogP contribution in [0.3, 0.4) is 0 Å². The van der Waals surface area contributed by atoms with E-state index >= 15 is 0 Å². The number of nitrogens with one attached hydrogen (secondary N) is 3. The number of piperidine rings is 1. The van der Waals surface area contributed by atoms with Crippen LogP contribution in [0.5, 0.6) is 0 Å². The highest BCUT2D eigenvalue weighted by Gasteiger charge is 2.57. The quantitative estimate of drug-likeness (QED) is 0.765. The maximum atomic E-state index is 12.6. The van der Waals surface area contributed by atoms with E-state index in [0.717, 1.165) is 38.8 Å². The fourth-order valence-electron chi connectivity index (χ4n) is 3.57.